The Labute approximate surface area is 146 Å². The Morgan fingerprint density at radius 2 is 1.79 bits per heavy atom. The third-order valence-corrected chi connectivity index (χ3v) is 7.91. The molecule has 0 N–H and O–H groups in total. The molecule has 0 saturated carbocycles. The molecular formula is C21H29O2P. The molecule has 2 atom stereocenters. The Balaban J connectivity index is 3.70. The normalized spacial score (nSPS) is 16.0. The van der Waals surface area contributed by atoms with E-state index < -0.39 is 7.14 Å². The molecule has 3 heteroatoms. The van der Waals surface area contributed by atoms with Gasteiger partial charge in [0.25, 0.3) is 0 Å². The van der Waals surface area contributed by atoms with Crippen LogP contribution in [0.2, 0.25) is 0 Å². The zero-order chi connectivity index (χ0) is 18.5. The minimum absolute atomic E-state index is 0.215. The zero-order valence-electron chi connectivity index (χ0n) is 15.7. The van der Waals surface area contributed by atoms with Gasteiger partial charge in [-0.3, -0.25) is 4.79 Å². The van der Waals surface area contributed by atoms with Gasteiger partial charge in [0.05, 0.1) is 0 Å². The Kier molecular flexibility index (Phi) is 7.17. The highest BCUT2D eigenvalue weighted by Crippen LogP contribution is 2.62. The van der Waals surface area contributed by atoms with Gasteiger partial charge in [-0.05, 0) is 45.2 Å². The molecule has 0 fully saturated rings. The van der Waals surface area contributed by atoms with E-state index in [1.165, 1.54) is 0 Å². The van der Waals surface area contributed by atoms with E-state index in [1.807, 2.05) is 59.8 Å². The summed E-state index contributed by atoms with van der Waals surface area (Å²) in [6.07, 6.45) is 7.60. The topological polar surface area (TPSA) is 34.1 Å². The highest BCUT2D eigenvalue weighted by atomic mass is 31.2. The number of hydrogen-bond donors (Lipinski definition) is 0. The van der Waals surface area contributed by atoms with Crippen molar-refractivity contribution >= 4 is 12.7 Å². The van der Waals surface area contributed by atoms with Crippen molar-refractivity contribution in [3.8, 4) is 0 Å². The molecule has 2 nitrogen and oxygen atoms in total. The molecule has 1 rings (SSSR count). The van der Waals surface area contributed by atoms with Crippen molar-refractivity contribution in [1.29, 1.82) is 0 Å². The maximum Gasteiger partial charge on any atom is 0.226 e. The van der Waals surface area contributed by atoms with Crippen LogP contribution in [-0.2, 0) is 4.57 Å². The summed E-state index contributed by atoms with van der Waals surface area (Å²) < 4.78 is 14.0. The van der Waals surface area contributed by atoms with Crippen LogP contribution in [-0.4, -0.2) is 11.2 Å². The van der Waals surface area contributed by atoms with E-state index in [0.717, 1.165) is 16.7 Å². The lowest BCUT2D eigenvalue weighted by Gasteiger charge is -2.25. The Bertz CT molecular complexity index is 715. The molecule has 0 radical (unpaired) electrons. The van der Waals surface area contributed by atoms with Gasteiger partial charge in [-0.15, -0.1) is 0 Å². The fourth-order valence-electron chi connectivity index (χ4n) is 3.08. The van der Waals surface area contributed by atoms with Crippen LogP contribution < -0.4 is 0 Å². The second-order valence-electron chi connectivity index (χ2n) is 6.32. The fourth-order valence-corrected chi connectivity index (χ4v) is 6.12. The van der Waals surface area contributed by atoms with Crippen LogP contribution in [0.15, 0.2) is 48.3 Å². The molecule has 130 valence electrons. The summed E-state index contributed by atoms with van der Waals surface area (Å²) in [5, 5.41) is 0.582. The summed E-state index contributed by atoms with van der Waals surface area (Å²) in [6, 6.07) is 3.96. The van der Waals surface area contributed by atoms with Crippen LogP contribution in [0.1, 0.15) is 54.2 Å². The van der Waals surface area contributed by atoms with E-state index in [-0.39, 0.29) is 11.2 Å². The van der Waals surface area contributed by atoms with E-state index in [1.54, 1.807) is 18.2 Å². The minimum Gasteiger partial charge on any atom is -0.310 e. The SMILES string of the molecule is C=C/C=C(\C=C/C)P(=O)(C(=O)c1c(C)cc(C)cc1C)C(C)CC. The lowest BCUT2D eigenvalue weighted by Crippen LogP contribution is -2.15. The van der Waals surface area contributed by atoms with Crippen LogP contribution in [0.25, 0.3) is 0 Å². The fraction of sp³-hybridized carbons (Fsp3) is 0.381. The Morgan fingerprint density at radius 1 is 1.25 bits per heavy atom. The molecule has 1 aromatic rings. The monoisotopic (exact) mass is 344 g/mol. The van der Waals surface area contributed by atoms with Gasteiger partial charge in [0.15, 0.2) is 7.14 Å². The van der Waals surface area contributed by atoms with E-state index in [9.17, 15) is 9.36 Å². The second kappa shape index (κ2) is 8.44. The number of allylic oxidation sites excluding steroid dienone is 5. The molecule has 0 aliphatic carbocycles. The number of rotatable bonds is 7. The summed E-state index contributed by atoms with van der Waals surface area (Å²) in [4.78, 5) is 13.4. The van der Waals surface area contributed by atoms with E-state index in [2.05, 4.69) is 6.58 Å². The van der Waals surface area contributed by atoms with E-state index in [4.69, 9.17) is 0 Å². The van der Waals surface area contributed by atoms with Crippen molar-refractivity contribution in [3.05, 3.63) is 70.6 Å². The van der Waals surface area contributed by atoms with Crippen LogP contribution in [0, 0.1) is 20.8 Å². The van der Waals surface area contributed by atoms with Crippen molar-refractivity contribution < 1.29 is 9.36 Å². The second-order valence-corrected chi connectivity index (χ2v) is 9.44. The molecule has 2 unspecified atom stereocenters. The molecular weight excluding hydrogens is 315 g/mol. The van der Waals surface area contributed by atoms with Crippen LogP contribution in [0.5, 0.6) is 0 Å². The average Bonchev–Trinajstić information content (AvgIpc) is 2.51. The standard InChI is InChI=1S/C21H29O2P/c1-8-11-19(12-9-2)24(23,18(7)10-3)21(22)20-16(5)13-15(4)14-17(20)6/h8-9,11-14,18H,1,10H2,2-7H3/b12-9-,19-11+. The summed E-state index contributed by atoms with van der Waals surface area (Å²) in [6.45, 7) is 15.3. The van der Waals surface area contributed by atoms with Gasteiger partial charge in [0.1, 0.15) is 0 Å². The minimum atomic E-state index is -3.27. The lowest BCUT2D eigenvalue weighted by atomic mass is 10.0. The van der Waals surface area contributed by atoms with Gasteiger partial charge < -0.3 is 4.57 Å². The maximum absolute atomic E-state index is 14.0. The molecule has 0 amide bonds. The maximum atomic E-state index is 14.0. The van der Waals surface area contributed by atoms with E-state index in [0.29, 0.717) is 17.3 Å². The first-order chi connectivity index (χ1) is 11.2. The Morgan fingerprint density at radius 3 is 2.21 bits per heavy atom. The first-order valence-electron chi connectivity index (χ1n) is 8.42. The lowest BCUT2D eigenvalue weighted by molar-refractivity contribution is 0.107. The molecule has 0 spiro atoms. The summed E-state index contributed by atoms with van der Waals surface area (Å²) in [7, 11) is -3.27. The first kappa shape index (κ1) is 20.4. The number of carbonyl (C=O) groups excluding carboxylic acids is 1. The van der Waals surface area contributed by atoms with Crippen LogP contribution >= 0.6 is 7.14 Å². The number of hydrogen-bond acceptors (Lipinski definition) is 2. The zero-order valence-corrected chi connectivity index (χ0v) is 16.6. The first-order valence-corrected chi connectivity index (χ1v) is 10.2. The van der Waals surface area contributed by atoms with Crippen molar-refractivity contribution in [1.82, 2.24) is 0 Å². The van der Waals surface area contributed by atoms with Gasteiger partial charge in [-0.25, -0.2) is 0 Å². The van der Waals surface area contributed by atoms with Crippen molar-refractivity contribution in [2.45, 2.75) is 53.6 Å². The number of aryl methyl sites for hydroxylation is 3. The smallest absolute Gasteiger partial charge is 0.226 e. The highest BCUT2D eigenvalue weighted by Gasteiger charge is 2.40. The van der Waals surface area contributed by atoms with Gasteiger partial charge in [0.2, 0.25) is 5.52 Å². The molecule has 0 heterocycles. The molecule has 0 aliphatic heterocycles. The Hall–Kier alpha value is -1.66. The van der Waals surface area contributed by atoms with Gasteiger partial charge in [-0.2, -0.15) is 0 Å². The molecule has 24 heavy (non-hydrogen) atoms. The van der Waals surface area contributed by atoms with Gasteiger partial charge >= 0.3 is 0 Å². The summed E-state index contributed by atoms with van der Waals surface area (Å²) in [5.74, 6) is 0. The predicted octanol–water partition coefficient (Wildman–Crippen LogP) is 6.56. The number of carbonyl (C=O) groups is 1. The third-order valence-electron chi connectivity index (χ3n) is 4.41. The number of benzene rings is 1. The quantitative estimate of drug-likeness (QED) is 0.414. The van der Waals surface area contributed by atoms with E-state index >= 15 is 0 Å². The molecule has 0 bridgehead atoms. The van der Waals surface area contributed by atoms with Crippen LogP contribution in [0.4, 0.5) is 0 Å². The van der Waals surface area contributed by atoms with Gasteiger partial charge in [0, 0.05) is 16.5 Å². The van der Waals surface area contributed by atoms with Crippen LogP contribution in [0.3, 0.4) is 0 Å². The molecule has 0 aromatic heterocycles. The average molecular weight is 344 g/mol. The van der Waals surface area contributed by atoms with Gasteiger partial charge in [-0.1, -0.05) is 62.4 Å². The van der Waals surface area contributed by atoms with Crippen molar-refractivity contribution in [2.24, 2.45) is 0 Å². The third kappa shape index (κ3) is 3.87. The highest BCUT2D eigenvalue weighted by molar-refractivity contribution is 7.85. The largest absolute Gasteiger partial charge is 0.310 e. The molecule has 0 aliphatic rings. The molecule has 1 aromatic carbocycles. The molecule has 0 saturated heterocycles. The summed E-state index contributed by atoms with van der Waals surface area (Å²) in [5.41, 5.74) is 3.03. The summed E-state index contributed by atoms with van der Waals surface area (Å²) >= 11 is 0. The predicted molar refractivity (Wildman–Crippen MR) is 105 cm³/mol. The van der Waals surface area contributed by atoms with Crippen molar-refractivity contribution in [2.75, 3.05) is 0 Å². The van der Waals surface area contributed by atoms with Crippen molar-refractivity contribution in [3.63, 3.8) is 0 Å².